The molecular formula is C18H23N3. The highest BCUT2D eigenvalue weighted by molar-refractivity contribution is 5.78. The molecular weight excluding hydrogens is 258 g/mol. The molecule has 2 saturated carbocycles. The quantitative estimate of drug-likeness (QED) is 0.669. The van der Waals surface area contributed by atoms with E-state index in [-0.39, 0.29) is 0 Å². The summed E-state index contributed by atoms with van der Waals surface area (Å²) in [5.41, 5.74) is 5.31. The summed E-state index contributed by atoms with van der Waals surface area (Å²) in [7, 11) is 0. The summed E-state index contributed by atoms with van der Waals surface area (Å²) >= 11 is 0. The molecule has 3 heteroatoms. The average molecular weight is 281 g/mol. The zero-order valence-corrected chi connectivity index (χ0v) is 12.3. The van der Waals surface area contributed by atoms with Gasteiger partial charge in [0.25, 0.3) is 0 Å². The summed E-state index contributed by atoms with van der Waals surface area (Å²) in [6, 6.07) is 13.0. The summed E-state index contributed by atoms with van der Waals surface area (Å²) in [5.74, 6) is 8.45. The lowest BCUT2D eigenvalue weighted by molar-refractivity contribution is 0.434. The van der Waals surface area contributed by atoms with Crippen LogP contribution in [0.1, 0.15) is 31.4 Å². The minimum absolute atomic E-state index is 0.381. The van der Waals surface area contributed by atoms with Gasteiger partial charge in [-0.05, 0) is 42.7 Å². The SMILES string of the molecule is NNC(Cc1ccc2ccccc2n1)C1C2CCCCC21. The minimum Gasteiger partial charge on any atom is -0.271 e. The molecule has 2 aliphatic carbocycles. The maximum atomic E-state index is 5.85. The molecule has 2 fully saturated rings. The van der Waals surface area contributed by atoms with Gasteiger partial charge in [0, 0.05) is 23.5 Å². The summed E-state index contributed by atoms with van der Waals surface area (Å²) < 4.78 is 0. The summed E-state index contributed by atoms with van der Waals surface area (Å²) in [5, 5.41) is 1.21. The molecule has 0 bridgehead atoms. The number of fused-ring (bicyclic) bond motifs is 2. The van der Waals surface area contributed by atoms with E-state index in [1.165, 1.54) is 31.1 Å². The van der Waals surface area contributed by atoms with Gasteiger partial charge >= 0.3 is 0 Å². The van der Waals surface area contributed by atoms with Crippen molar-refractivity contribution < 1.29 is 0 Å². The van der Waals surface area contributed by atoms with Gasteiger partial charge in [-0.25, -0.2) is 0 Å². The van der Waals surface area contributed by atoms with Gasteiger partial charge in [0.1, 0.15) is 0 Å². The number of nitrogens with two attached hydrogens (primary N) is 1. The number of aromatic nitrogens is 1. The molecule has 0 aliphatic heterocycles. The maximum absolute atomic E-state index is 5.85. The van der Waals surface area contributed by atoms with Crippen molar-refractivity contribution in [2.24, 2.45) is 23.6 Å². The Hall–Kier alpha value is -1.45. The molecule has 1 heterocycles. The topological polar surface area (TPSA) is 50.9 Å². The Morgan fingerprint density at radius 3 is 2.62 bits per heavy atom. The second-order valence-corrected chi connectivity index (χ2v) is 6.66. The molecule has 2 aromatic rings. The first-order valence-corrected chi connectivity index (χ1v) is 8.17. The average Bonchev–Trinajstić information content (AvgIpc) is 3.27. The van der Waals surface area contributed by atoms with Crippen molar-refractivity contribution in [3.8, 4) is 0 Å². The monoisotopic (exact) mass is 281 g/mol. The molecule has 3 unspecified atom stereocenters. The van der Waals surface area contributed by atoms with E-state index in [2.05, 4.69) is 35.8 Å². The standard InChI is InChI=1S/C18H23N3/c19-21-17(18-14-6-2-3-7-15(14)18)11-13-10-9-12-5-1-4-8-16(12)20-13/h1,4-5,8-10,14-15,17-18,21H,2-3,6-7,11,19H2. The normalized spacial score (nSPS) is 29.1. The van der Waals surface area contributed by atoms with Crippen LogP contribution in [0.25, 0.3) is 10.9 Å². The fraction of sp³-hybridized carbons (Fsp3) is 0.500. The molecule has 0 saturated heterocycles. The van der Waals surface area contributed by atoms with Crippen molar-refractivity contribution in [1.29, 1.82) is 0 Å². The van der Waals surface area contributed by atoms with Gasteiger partial charge in [-0.3, -0.25) is 16.3 Å². The molecule has 21 heavy (non-hydrogen) atoms. The van der Waals surface area contributed by atoms with E-state index < -0.39 is 0 Å². The van der Waals surface area contributed by atoms with Crippen molar-refractivity contribution in [3.63, 3.8) is 0 Å². The minimum atomic E-state index is 0.381. The molecule has 0 amide bonds. The molecule has 3 nitrogen and oxygen atoms in total. The number of nitrogens with one attached hydrogen (secondary N) is 1. The molecule has 1 aromatic heterocycles. The first-order chi connectivity index (χ1) is 10.4. The number of hydrogen-bond donors (Lipinski definition) is 2. The second kappa shape index (κ2) is 5.39. The van der Waals surface area contributed by atoms with Gasteiger partial charge in [0.05, 0.1) is 5.52 Å². The molecule has 3 atom stereocenters. The third-order valence-electron chi connectivity index (χ3n) is 5.49. The Morgan fingerprint density at radius 1 is 1.10 bits per heavy atom. The third kappa shape index (κ3) is 2.45. The van der Waals surface area contributed by atoms with Crippen molar-refractivity contribution in [2.45, 2.75) is 38.1 Å². The number of hydrazine groups is 1. The van der Waals surface area contributed by atoms with Crippen molar-refractivity contribution in [1.82, 2.24) is 10.4 Å². The largest absolute Gasteiger partial charge is 0.271 e. The zero-order chi connectivity index (χ0) is 14.2. The lowest BCUT2D eigenvalue weighted by Crippen LogP contribution is -2.39. The fourth-order valence-corrected chi connectivity index (χ4v) is 4.40. The molecule has 2 aliphatic rings. The Kier molecular flexibility index (Phi) is 3.40. The van der Waals surface area contributed by atoms with Crippen LogP contribution in [0.2, 0.25) is 0 Å². The second-order valence-electron chi connectivity index (χ2n) is 6.66. The maximum Gasteiger partial charge on any atom is 0.0705 e. The lowest BCUT2D eigenvalue weighted by atomic mass is 10.0. The zero-order valence-electron chi connectivity index (χ0n) is 12.3. The Morgan fingerprint density at radius 2 is 1.86 bits per heavy atom. The van der Waals surface area contributed by atoms with Crippen molar-refractivity contribution in [3.05, 3.63) is 42.1 Å². The van der Waals surface area contributed by atoms with E-state index in [4.69, 9.17) is 10.8 Å². The number of benzene rings is 1. The Bertz CT molecular complexity index is 627. The van der Waals surface area contributed by atoms with Gasteiger partial charge in [-0.2, -0.15) is 0 Å². The molecule has 110 valence electrons. The van der Waals surface area contributed by atoms with Crippen LogP contribution >= 0.6 is 0 Å². The van der Waals surface area contributed by atoms with Crippen LogP contribution in [0.3, 0.4) is 0 Å². The number of nitrogens with zero attached hydrogens (tertiary/aromatic N) is 1. The molecule has 0 spiro atoms. The number of pyridine rings is 1. The first kappa shape index (κ1) is 13.2. The van der Waals surface area contributed by atoms with Crippen molar-refractivity contribution >= 4 is 10.9 Å². The van der Waals surface area contributed by atoms with Gasteiger partial charge < -0.3 is 0 Å². The number of rotatable bonds is 4. The van der Waals surface area contributed by atoms with Crippen LogP contribution in [-0.2, 0) is 6.42 Å². The summed E-state index contributed by atoms with van der Waals surface area (Å²) in [6.45, 7) is 0. The highest BCUT2D eigenvalue weighted by atomic mass is 15.2. The molecule has 1 aromatic carbocycles. The van der Waals surface area contributed by atoms with Gasteiger partial charge in [-0.1, -0.05) is 37.1 Å². The lowest BCUT2D eigenvalue weighted by Gasteiger charge is -2.16. The summed E-state index contributed by atoms with van der Waals surface area (Å²) in [6.07, 6.45) is 6.56. The van der Waals surface area contributed by atoms with E-state index >= 15 is 0 Å². The predicted molar refractivity (Wildman–Crippen MR) is 85.5 cm³/mol. The van der Waals surface area contributed by atoms with Gasteiger partial charge in [0.15, 0.2) is 0 Å². The predicted octanol–water partition coefficient (Wildman–Crippen LogP) is 3.05. The van der Waals surface area contributed by atoms with E-state index in [9.17, 15) is 0 Å². The number of hydrogen-bond acceptors (Lipinski definition) is 3. The molecule has 4 rings (SSSR count). The first-order valence-electron chi connectivity index (χ1n) is 8.17. The van der Waals surface area contributed by atoms with Crippen LogP contribution in [0.4, 0.5) is 0 Å². The van der Waals surface area contributed by atoms with E-state index in [1.807, 2.05) is 6.07 Å². The van der Waals surface area contributed by atoms with Crippen LogP contribution < -0.4 is 11.3 Å². The fourth-order valence-electron chi connectivity index (χ4n) is 4.40. The van der Waals surface area contributed by atoms with E-state index in [0.29, 0.717) is 6.04 Å². The van der Waals surface area contributed by atoms with Gasteiger partial charge in [0.2, 0.25) is 0 Å². The van der Waals surface area contributed by atoms with Crippen LogP contribution in [-0.4, -0.2) is 11.0 Å². The highest BCUT2D eigenvalue weighted by Crippen LogP contribution is 2.57. The van der Waals surface area contributed by atoms with E-state index in [1.54, 1.807) is 0 Å². The number of para-hydroxylation sites is 1. The molecule has 0 radical (unpaired) electrons. The smallest absolute Gasteiger partial charge is 0.0705 e. The van der Waals surface area contributed by atoms with Crippen LogP contribution in [0.15, 0.2) is 36.4 Å². The molecule has 3 N–H and O–H groups in total. The van der Waals surface area contributed by atoms with Gasteiger partial charge in [-0.15, -0.1) is 0 Å². The third-order valence-corrected chi connectivity index (χ3v) is 5.49. The van der Waals surface area contributed by atoms with E-state index in [0.717, 1.165) is 35.4 Å². The summed E-state index contributed by atoms with van der Waals surface area (Å²) in [4.78, 5) is 4.79. The Labute approximate surface area is 125 Å². The van der Waals surface area contributed by atoms with Crippen LogP contribution in [0.5, 0.6) is 0 Å². The highest BCUT2D eigenvalue weighted by Gasteiger charge is 2.53. The van der Waals surface area contributed by atoms with Crippen LogP contribution in [0, 0.1) is 17.8 Å². The Balaban J connectivity index is 1.52. The van der Waals surface area contributed by atoms with Crippen molar-refractivity contribution in [2.75, 3.05) is 0 Å².